The first kappa shape index (κ1) is 18.7. The SMILES string of the molecule is Cc1cccc(C(=O)N2CCCC2)c1NC(=O)N(C)Cc1ccc(Cl)s1. The molecule has 0 bridgehead atoms. The number of urea groups is 1. The fourth-order valence-corrected chi connectivity index (χ4v) is 4.19. The van der Waals surface area contributed by atoms with E-state index in [2.05, 4.69) is 5.32 Å². The minimum absolute atomic E-state index is 0.0193. The van der Waals surface area contributed by atoms with Crippen LogP contribution in [0.1, 0.15) is 33.6 Å². The highest BCUT2D eigenvalue weighted by atomic mass is 35.5. The molecule has 0 atom stereocenters. The number of aryl methyl sites for hydroxylation is 1. The molecule has 0 unspecified atom stereocenters. The molecule has 3 rings (SSSR count). The molecule has 2 heterocycles. The number of likely N-dealkylation sites (tertiary alicyclic amines) is 1. The zero-order valence-corrected chi connectivity index (χ0v) is 16.5. The summed E-state index contributed by atoms with van der Waals surface area (Å²) >= 11 is 7.40. The van der Waals surface area contributed by atoms with Crippen molar-refractivity contribution >= 4 is 40.6 Å². The standard InChI is InChI=1S/C19H22ClN3O2S/c1-13-6-5-7-15(18(24)23-10-3-4-11-23)17(13)21-19(25)22(2)12-14-8-9-16(20)26-14/h5-9H,3-4,10-12H2,1-2H3,(H,21,25). The molecule has 2 aromatic rings. The smallest absolute Gasteiger partial charge is 0.321 e. The number of benzene rings is 1. The maximum Gasteiger partial charge on any atom is 0.321 e. The van der Waals surface area contributed by atoms with Crippen LogP contribution in [0.4, 0.5) is 10.5 Å². The molecule has 1 fully saturated rings. The zero-order chi connectivity index (χ0) is 18.7. The Bertz CT molecular complexity index is 815. The summed E-state index contributed by atoms with van der Waals surface area (Å²) in [6, 6.07) is 9.01. The predicted molar refractivity (Wildman–Crippen MR) is 106 cm³/mol. The van der Waals surface area contributed by atoms with Crippen molar-refractivity contribution in [3.8, 4) is 0 Å². The molecular formula is C19H22ClN3O2S. The van der Waals surface area contributed by atoms with E-state index in [1.165, 1.54) is 11.3 Å². The highest BCUT2D eigenvalue weighted by Crippen LogP contribution is 2.25. The number of carbonyl (C=O) groups excluding carboxylic acids is 2. The Morgan fingerprint density at radius 1 is 1.23 bits per heavy atom. The van der Waals surface area contributed by atoms with Gasteiger partial charge in [0.25, 0.3) is 5.91 Å². The number of anilines is 1. The van der Waals surface area contributed by atoms with Gasteiger partial charge >= 0.3 is 6.03 Å². The lowest BCUT2D eigenvalue weighted by Crippen LogP contribution is -2.33. The summed E-state index contributed by atoms with van der Waals surface area (Å²) in [5, 5.41) is 2.92. The Balaban J connectivity index is 1.75. The fraction of sp³-hybridized carbons (Fsp3) is 0.368. The summed E-state index contributed by atoms with van der Waals surface area (Å²) < 4.78 is 0.700. The Morgan fingerprint density at radius 3 is 2.62 bits per heavy atom. The molecule has 1 aromatic carbocycles. The van der Waals surface area contributed by atoms with Crippen LogP contribution in [-0.4, -0.2) is 41.9 Å². The lowest BCUT2D eigenvalue weighted by Gasteiger charge is -2.22. The molecule has 1 N–H and O–H groups in total. The molecule has 0 radical (unpaired) electrons. The van der Waals surface area contributed by atoms with E-state index in [9.17, 15) is 9.59 Å². The van der Waals surface area contributed by atoms with Crippen LogP contribution in [0.3, 0.4) is 0 Å². The van der Waals surface area contributed by atoms with Gasteiger partial charge in [-0.3, -0.25) is 4.79 Å². The number of nitrogens with zero attached hydrogens (tertiary/aromatic N) is 2. The second-order valence-corrected chi connectivity index (χ2v) is 8.29. The maximum atomic E-state index is 12.8. The van der Waals surface area contributed by atoms with E-state index < -0.39 is 0 Å². The van der Waals surface area contributed by atoms with Gasteiger partial charge in [-0.15, -0.1) is 11.3 Å². The Kier molecular flexibility index (Phi) is 5.84. The molecule has 0 aliphatic carbocycles. The lowest BCUT2D eigenvalue weighted by molar-refractivity contribution is 0.0793. The normalized spacial score (nSPS) is 13.7. The number of hydrogen-bond donors (Lipinski definition) is 1. The van der Waals surface area contributed by atoms with Gasteiger partial charge in [0.05, 0.1) is 22.1 Å². The maximum absolute atomic E-state index is 12.8. The summed E-state index contributed by atoms with van der Waals surface area (Å²) in [6.07, 6.45) is 2.07. The van der Waals surface area contributed by atoms with Crippen molar-refractivity contribution in [3.63, 3.8) is 0 Å². The number of halogens is 1. The van der Waals surface area contributed by atoms with Crippen LogP contribution in [0.2, 0.25) is 4.34 Å². The summed E-state index contributed by atoms with van der Waals surface area (Å²) in [7, 11) is 1.73. The Hall–Kier alpha value is -2.05. The van der Waals surface area contributed by atoms with Gasteiger partial charge in [0.15, 0.2) is 0 Å². The molecule has 1 aliphatic rings. The van der Waals surface area contributed by atoms with E-state index in [0.717, 1.165) is 36.4 Å². The van der Waals surface area contributed by atoms with E-state index >= 15 is 0 Å². The Morgan fingerprint density at radius 2 is 1.96 bits per heavy atom. The largest absolute Gasteiger partial charge is 0.339 e. The second-order valence-electron chi connectivity index (χ2n) is 6.49. The van der Waals surface area contributed by atoms with Gasteiger partial charge in [0, 0.05) is 25.0 Å². The first-order valence-corrected chi connectivity index (χ1v) is 9.80. The van der Waals surface area contributed by atoms with Crippen LogP contribution >= 0.6 is 22.9 Å². The lowest BCUT2D eigenvalue weighted by atomic mass is 10.1. The molecule has 1 saturated heterocycles. The van der Waals surface area contributed by atoms with Gasteiger partial charge < -0.3 is 15.1 Å². The van der Waals surface area contributed by atoms with Crippen molar-refractivity contribution in [2.45, 2.75) is 26.3 Å². The molecule has 3 amide bonds. The van der Waals surface area contributed by atoms with Crippen molar-refractivity contribution < 1.29 is 9.59 Å². The molecule has 138 valence electrons. The van der Waals surface area contributed by atoms with Crippen LogP contribution in [0, 0.1) is 6.92 Å². The van der Waals surface area contributed by atoms with Crippen molar-refractivity contribution in [2.75, 3.05) is 25.5 Å². The number of hydrogen-bond acceptors (Lipinski definition) is 3. The van der Waals surface area contributed by atoms with Crippen LogP contribution in [0.15, 0.2) is 30.3 Å². The van der Waals surface area contributed by atoms with E-state index in [1.807, 2.05) is 36.1 Å². The zero-order valence-electron chi connectivity index (χ0n) is 14.9. The molecule has 7 heteroatoms. The number of nitrogens with one attached hydrogen (secondary N) is 1. The van der Waals surface area contributed by atoms with Gasteiger partial charge in [0.2, 0.25) is 0 Å². The number of rotatable bonds is 4. The van der Waals surface area contributed by atoms with E-state index in [4.69, 9.17) is 11.6 Å². The van der Waals surface area contributed by atoms with Gasteiger partial charge in [-0.2, -0.15) is 0 Å². The van der Waals surface area contributed by atoms with Crippen LogP contribution in [0.5, 0.6) is 0 Å². The molecule has 1 aliphatic heterocycles. The summed E-state index contributed by atoms with van der Waals surface area (Å²) in [5.41, 5.74) is 2.01. The third-order valence-electron chi connectivity index (χ3n) is 4.50. The predicted octanol–water partition coefficient (Wildman–Crippen LogP) is 4.61. The summed E-state index contributed by atoms with van der Waals surface area (Å²) in [6.45, 7) is 3.92. The van der Waals surface area contributed by atoms with Crippen LogP contribution in [0.25, 0.3) is 0 Å². The third kappa shape index (κ3) is 4.19. The van der Waals surface area contributed by atoms with Gasteiger partial charge in [-0.1, -0.05) is 23.7 Å². The third-order valence-corrected chi connectivity index (χ3v) is 5.71. The van der Waals surface area contributed by atoms with E-state index in [-0.39, 0.29) is 11.9 Å². The molecule has 1 aromatic heterocycles. The molecule has 26 heavy (non-hydrogen) atoms. The minimum Gasteiger partial charge on any atom is -0.339 e. The van der Waals surface area contributed by atoms with Crippen molar-refractivity contribution in [3.05, 3.63) is 50.7 Å². The molecular weight excluding hydrogens is 370 g/mol. The quantitative estimate of drug-likeness (QED) is 0.827. The summed E-state index contributed by atoms with van der Waals surface area (Å²) in [4.78, 5) is 29.9. The monoisotopic (exact) mass is 391 g/mol. The highest BCUT2D eigenvalue weighted by Gasteiger charge is 2.24. The average molecular weight is 392 g/mol. The summed E-state index contributed by atoms with van der Waals surface area (Å²) in [5.74, 6) is -0.0193. The van der Waals surface area contributed by atoms with E-state index in [1.54, 1.807) is 18.0 Å². The number of para-hydroxylation sites is 1. The van der Waals surface area contributed by atoms with Gasteiger partial charge in [-0.25, -0.2) is 4.79 Å². The fourth-order valence-electron chi connectivity index (χ4n) is 3.05. The van der Waals surface area contributed by atoms with Crippen molar-refractivity contribution in [1.29, 1.82) is 0 Å². The van der Waals surface area contributed by atoms with Gasteiger partial charge in [0.1, 0.15) is 0 Å². The van der Waals surface area contributed by atoms with Crippen molar-refractivity contribution in [2.24, 2.45) is 0 Å². The average Bonchev–Trinajstić information content (AvgIpc) is 3.28. The second kappa shape index (κ2) is 8.10. The number of carbonyl (C=O) groups is 2. The number of thiophene rings is 1. The Labute approximate surface area is 162 Å². The molecule has 0 spiro atoms. The van der Waals surface area contributed by atoms with Gasteiger partial charge in [-0.05, 0) is 43.5 Å². The molecule has 0 saturated carbocycles. The topological polar surface area (TPSA) is 52.7 Å². The van der Waals surface area contributed by atoms with Crippen LogP contribution in [-0.2, 0) is 6.54 Å². The highest BCUT2D eigenvalue weighted by molar-refractivity contribution is 7.16. The van der Waals surface area contributed by atoms with E-state index in [0.29, 0.717) is 22.1 Å². The molecule has 5 nitrogen and oxygen atoms in total. The first-order chi connectivity index (χ1) is 12.5. The minimum atomic E-state index is -0.251. The first-order valence-electron chi connectivity index (χ1n) is 8.61. The van der Waals surface area contributed by atoms with Crippen LogP contribution < -0.4 is 5.32 Å². The number of amides is 3. The van der Waals surface area contributed by atoms with Crippen molar-refractivity contribution in [1.82, 2.24) is 9.80 Å².